The highest BCUT2D eigenvalue weighted by atomic mass is 35.5. The smallest absolute Gasteiger partial charge is 0.329 e. The van der Waals surface area contributed by atoms with E-state index in [1.54, 1.807) is 0 Å². The number of nitrogens with one attached hydrogen (secondary N) is 2. The van der Waals surface area contributed by atoms with Crippen molar-refractivity contribution in [3.63, 3.8) is 0 Å². The van der Waals surface area contributed by atoms with Crippen molar-refractivity contribution in [2.24, 2.45) is 11.3 Å². The highest BCUT2D eigenvalue weighted by Crippen LogP contribution is 2.41. The summed E-state index contributed by atoms with van der Waals surface area (Å²) in [6.45, 7) is 3.76. The van der Waals surface area contributed by atoms with Crippen molar-refractivity contribution >= 4 is 34.9 Å². The molecule has 0 bridgehead atoms. The Balaban J connectivity index is 1.92. The molecule has 2 aliphatic rings. The van der Waals surface area contributed by atoms with Gasteiger partial charge in [0.1, 0.15) is 0 Å². The molecule has 0 saturated heterocycles. The highest BCUT2D eigenvalue weighted by Gasteiger charge is 2.42. The van der Waals surface area contributed by atoms with Crippen LogP contribution >= 0.6 is 11.6 Å². The Kier molecular flexibility index (Phi) is 5.04. The van der Waals surface area contributed by atoms with Gasteiger partial charge in [-0.15, -0.1) is 0 Å². The fraction of sp³-hybridized carbons (Fsp3) is 0.421. The molecule has 3 rings (SSSR count). The van der Waals surface area contributed by atoms with Crippen LogP contribution in [0.4, 0.5) is 18.9 Å². The van der Waals surface area contributed by atoms with Crippen LogP contribution in [0.15, 0.2) is 29.5 Å². The van der Waals surface area contributed by atoms with E-state index in [2.05, 4.69) is 10.6 Å². The van der Waals surface area contributed by atoms with Crippen LogP contribution in [0.1, 0.15) is 38.7 Å². The topological polar surface area (TPSA) is 75.3 Å². The molecular formula is C19H18ClF3N2O3. The molecule has 5 nitrogen and oxygen atoms in total. The maximum absolute atomic E-state index is 12.9. The van der Waals surface area contributed by atoms with Crippen LogP contribution in [-0.2, 0) is 20.6 Å². The number of Topliss-reactive ketones (excluding diaryl/α,β-unsaturated/α-hetero) is 1. The summed E-state index contributed by atoms with van der Waals surface area (Å²) < 4.78 is 38.8. The second-order valence-corrected chi connectivity index (χ2v) is 8.23. The summed E-state index contributed by atoms with van der Waals surface area (Å²) >= 11 is 5.92. The largest absolute Gasteiger partial charge is 0.416 e. The molecule has 0 unspecified atom stereocenters. The number of alkyl halides is 3. The molecule has 0 fully saturated rings. The molecule has 2 N–H and O–H groups in total. The van der Waals surface area contributed by atoms with E-state index in [-0.39, 0.29) is 40.3 Å². The fourth-order valence-corrected chi connectivity index (χ4v) is 3.76. The maximum Gasteiger partial charge on any atom is 0.416 e. The Morgan fingerprint density at radius 3 is 2.57 bits per heavy atom. The first-order chi connectivity index (χ1) is 12.9. The Morgan fingerprint density at radius 1 is 1.25 bits per heavy atom. The SMILES string of the molecule is CC1(C)CC(=O)C2=C(C1)NC(=O)C[C@@H]2C(=O)Nc1cc(C(F)(F)F)ccc1Cl. The molecule has 1 aliphatic heterocycles. The van der Waals surface area contributed by atoms with Gasteiger partial charge < -0.3 is 10.6 Å². The van der Waals surface area contributed by atoms with Crippen molar-refractivity contribution < 1.29 is 27.6 Å². The summed E-state index contributed by atoms with van der Waals surface area (Å²) in [7, 11) is 0. The third-order valence-corrected chi connectivity index (χ3v) is 5.15. The second kappa shape index (κ2) is 6.92. The molecule has 150 valence electrons. The van der Waals surface area contributed by atoms with Crippen molar-refractivity contribution in [3.8, 4) is 0 Å². The molecule has 1 atom stereocenters. The Labute approximate surface area is 164 Å². The van der Waals surface area contributed by atoms with Gasteiger partial charge in [-0.25, -0.2) is 0 Å². The molecule has 0 aromatic heterocycles. The van der Waals surface area contributed by atoms with E-state index < -0.39 is 29.5 Å². The van der Waals surface area contributed by atoms with Gasteiger partial charge in [-0.3, -0.25) is 14.4 Å². The van der Waals surface area contributed by atoms with E-state index in [1.165, 1.54) is 0 Å². The first-order valence-electron chi connectivity index (χ1n) is 8.61. The lowest BCUT2D eigenvalue weighted by molar-refractivity contribution is -0.137. The average molecular weight is 415 g/mol. The monoisotopic (exact) mass is 414 g/mol. The Morgan fingerprint density at radius 2 is 1.93 bits per heavy atom. The van der Waals surface area contributed by atoms with Crippen LogP contribution in [0, 0.1) is 11.3 Å². The van der Waals surface area contributed by atoms with Crippen molar-refractivity contribution in [2.75, 3.05) is 5.32 Å². The van der Waals surface area contributed by atoms with Crippen molar-refractivity contribution in [3.05, 3.63) is 40.1 Å². The number of anilines is 1. The van der Waals surface area contributed by atoms with Crippen LogP contribution in [-0.4, -0.2) is 17.6 Å². The molecular weight excluding hydrogens is 397 g/mol. The number of ketones is 1. The Hall–Kier alpha value is -2.35. The number of carbonyl (C=O) groups is 3. The zero-order valence-corrected chi connectivity index (χ0v) is 15.9. The van der Waals surface area contributed by atoms with Crippen LogP contribution in [0.25, 0.3) is 0 Å². The summed E-state index contributed by atoms with van der Waals surface area (Å²) in [6, 6.07) is 2.57. The standard InChI is InChI=1S/C19H18ClF3N2O3/c1-18(2)7-13-16(14(26)8-18)10(6-15(27)24-13)17(28)25-12-5-9(19(21,22)23)3-4-11(12)20/h3-5,10H,6-8H2,1-2H3,(H,24,27)(H,25,28)/t10-/m0/s1. The van der Waals surface area contributed by atoms with Gasteiger partial charge in [-0.05, 0) is 30.0 Å². The van der Waals surface area contributed by atoms with E-state index in [1.807, 2.05) is 13.8 Å². The molecule has 9 heteroatoms. The van der Waals surface area contributed by atoms with Crippen molar-refractivity contribution in [1.29, 1.82) is 0 Å². The molecule has 1 aliphatic carbocycles. The van der Waals surface area contributed by atoms with Crippen LogP contribution in [0.3, 0.4) is 0 Å². The van der Waals surface area contributed by atoms with Gasteiger partial charge in [-0.1, -0.05) is 25.4 Å². The van der Waals surface area contributed by atoms with Gasteiger partial charge in [-0.2, -0.15) is 13.2 Å². The number of rotatable bonds is 2. The zero-order valence-electron chi connectivity index (χ0n) is 15.2. The van der Waals surface area contributed by atoms with Crippen LogP contribution in [0.2, 0.25) is 5.02 Å². The first-order valence-corrected chi connectivity index (χ1v) is 8.99. The minimum Gasteiger partial charge on any atom is -0.329 e. The molecule has 1 heterocycles. The number of halogens is 4. The lowest BCUT2D eigenvalue weighted by Crippen LogP contribution is -2.44. The molecule has 0 spiro atoms. The van der Waals surface area contributed by atoms with E-state index in [0.29, 0.717) is 12.1 Å². The summed E-state index contributed by atoms with van der Waals surface area (Å²) in [6.07, 6.45) is -4.22. The summed E-state index contributed by atoms with van der Waals surface area (Å²) in [4.78, 5) is 37.4. The number of hydrogen-bond acceptors (Lipinski definition) is 3. The van der Waals surface area contributed by atoms with Crippen LogP contribution < -0.4 is 10.6 Å². The second-order valence-electron chi connectivity index (χ2n) is 7.82. The zero-order chi connectivity index (χ0) is 20.9. The van der Waals surface area contributed by atoms with Gasteiger partial charge in [0.15, 0.2) is 5.78 Å². The number of allylic oxidation sites excluding steroid dienone is 1. The predicted molar refractivity (Wildman–Crippen MR) is 96.4 cm³/mol. The van der Waals surface area contributed by atoms with E-state index in [9.17, 15) is 27.6 Å². The third kappa shape index (κ3) is 4.06. The number of carbonyl (C=O) groups excluding carboxylic acids is 3. The molecule has 0 saturated carbocycles. The molecule has 2 amide bonds. The van der Waals surface area contributed by atoms with E-state index >= 15 is 0 Å². The first kappa shape index (κ1) is 20.4. The highest BCUT2D eigenvalue weighted by molar-refractivity contribution is 6.33. The quantitative estimate of drug-likeness (QED) is 0.765. The Bertz CT molecular complexity index is 906. The van der Waals surface area contributed by atoms with E-state index in [4.69, 9.17) is 11.6 Å². The van der Waals surface area contributed by atoms with Gasteiger partial charge in [0.05, 0.1) is 22.2 Å². The normalized spacial score (nSPS) is 21.9. The lowest BCUT2D eigenvalue weighted by atomic mass is 9.71. The molecule has 1 aromatic carbocycles. The minimum atomic E-state index is -4.60. The number of benzene rings is 1. The van der Waals surface area contributed by atoms with E-state index in [0.717, 1.165) is 18.2 Å². The summed E-state index contributed by atoms with van der Waals surface area (Å²) in [5, 5.41) is 4.93. The average Bonchev–Trinajstić information content (AvgIpc) is 2.53. The van der Waals surface area contributed by atoms with Crippen LogP contribution in [0.5, 0.6) is 0 Å². The van der Waals surface area contributed by atoms with Crippen molar-refractivity contribution in [1.82, 2.24) is 5.32 Å². The summed E-state index contributed by atoms with van der Waals surface area (Å²) in [5.41, 5.74) is -0.916. The van der Waals surface area contributed by atoms with Gasteiger partial charge >= 0.3 is 6.18 Å². The minimum absolute atomic E-state index is 0.0769. The number of amides is 2. The van der Waals surface area contributed by atoms with Gasteiger partial charge in [0.2, 0.25) is 11.8 Å². The lowest BCUT2D eigenvalue weighted by Gasteiger charge is -2.37. The molecule has 0 radical (unpaired) electrons. The number of hydrogen-bond donors (Lipinski definition) is 2. The fourth-order valence-electron chi connectivity index (χ4n) is 3.60. The maximum atomic E-state index is 12.9. The molecule has 28 heavy (non-hydrogen) atoms. The third-order valence-electron chi connectivity index (χ3n) is 4.82. The van der Waals surface area contributed by atoms with Crippen molar-refractivity contribution in [2.45, 2.75) is 39.3 Å². The predicted octanol–water partition coefficient (Wildman–Crippen LogP) is 4.08. The van der Waals surface area contributed by atoms with Gasteiger partial charge in [0.25, 0.3) is 0 Å². The summed E-state index contributed by atoms with van der Waals surface area (Å²) in [5.74, 6) is -2.48. The van der Waals surface area contributed by atoms with Gasteiger partial charge in [0, 0.05) is 24.1 Å². The molecule has 1 aromatic rings.